The van der Waals surface area contributed by atoms with Crippen molar-refractivity contribution >= 4 is 17.5 Å². The lowest BCUT2D eigenvalue weighted by Gasteiger charge is -2.20. The second-order valence-corrected chi connectivity index (χ2v) is 4.29. The Bertz CT molecular complexity index is 382. The molecule has 0 aliphatic carbocycles. The summed E-state index contributed by atoms with van der Waals surface area (Å²) in [6.07, 6.45) is 0. The maximum absolute atomic E-state index is 11.4. The van der Waals surface area contributed by atoms with Crippen molar-refractivity contribution in [1.29, 1.82) is 0 Å². The van der Waals surface area contributed by atoms with Gasteiger partial charge in [-0.2, -0.15) is 11.8 Å². The number of ketones is 1. The Morgan fingerprint density at radius 3 is 2.57 bits per heavy atom. The van der Waals surface area contributed by atoms with Gasteiger partial charge in [0.2, 0.25) is 5.78 Å². The number of rotatable bonds is 1. The maximum atomic E-state index is 11.4. The molecule has 0 unspecified atom stereocenters. The van der Waals surface area contributed by atoms with Gasteiger partial charge in [0.05, 0.1) is 0 Å². The van der Waals surface area contributed by atoms with Crippen LogP contribution in [-0.4, -0.2) is 17.3 Å². The Morgan fingerprint density at radius 2 is 2.00 bits per heavy atom. The van der Waals surface area contributed by atoms with E-state index in [9.17, 15) is 4.79 Å². The van der Waals surface area contributed by atoms with Crippen molar-refractivity contribution in [3.63, 3.8) is 0 Å². The van der Waals surface area contributed by atoms with Crippen LogP contribution in [0, 0.1) is 17.8 Å². The summed E-state index contributed by atoms with van der Waals surface area (Å²) in [5, 5.41) is 0. The topological polar surface area (TPSA) is 17.1 Å². The molecule has 0 atom stereocenters. The molecular weight excluding hydrogens is 192 g/mol. The van der Waals surface area contributed by atoms with Crippen LogP contribution in [-0.2, 0) is 4.79 Å². The molecule has 2 heteroatoms. The van der Waals surface area contributed by atoms with Gasteiger partial charge in [-0.05, 0) is 18.1 Å². The van der Waals surface area contributed by atoms with Crippen LogP contribution in [0.15, 0.2) is 30.3 Å². The molecule has 0 bridgehead atoms. The molecule has 14 heavy (non-hydrogen) atoms. The van der Waals surface area contributed by atoms with E-state index < -0.39 is 0 Å². The average Bonchev–Trinajstić information content (AvgIpc) is 2.14. The minimum Gasteiger partial charge on any atom is -0.285 e. The normalized spacial score (nSPS) is 15.1. The van der Waals surface area contributed by atoms with E-state index in [1.165, 1.54) is 0 Å². The monoisotopic (exact) mass is 202 g/mol. The van der Waals surface area contributed by atoms with E-state index in [-0.39, 0.29) is 11.7 Å². The van der Waals surface area contributed by atoms with Crippen LogP contribution in [0.3, 0.4) is 0 Å². The summed E-state index contributed by atoms with van der Waals surface area (Å²) in [6.45, 7) is 0. The summed E-state index contributed by atoms with van der Waals surface area (Å²) in [5.41, 5.74) is 0.910. The molecule has 70 valence electrons. The van der Waals surface area contributed by atoms with Crippen LogP contribution < -0.4 is 0 Å². The van der Waals surface area contributed by atoms with Gasteiger partial charge in [-0.1, -0.05) is 24.1 Å². The standard InChI is InChI=1S/C12H10OS/c13-12(11-8-14-9-11)7-6-10-4-2-1-3-5-10/h1-5,11H,8-9H2. The van der Waals surface area contributed by atoms with Gasteiger partial charge in [0.15, 0.2) is 0 Å². The molecule has 0 saturated carbocycles. The van der Waals surface area contributed by atoms with Gasteiger partial charge in [0, 0.05) is 23.0 Å². The highest BCUT2D eigenvalue weighted by Gasteiger charge is 2.24. The zero-order chi connectivity index (χ0) is 9.80. The van der Waals surface area contributed by atoms with E-state index in [1.807, 2.05) is 30.3 Å². The minimum atomic E-state index is 0.0904. The summed E-state index contributed by atoms with van der Waals surface area (Å²) >= 11 is 1.81. The zero-order valence-electron chi connectivity index (χ0n) is 7.69. The van der Waals surface area contributed by atoms with Crippen molar-refractivity contribution in [3.05, 3.63) is 35.9 Å². The fourth-order valence-corrected chi connectivity index (χ4v) is 1.92. The van der Waals surface area contributed by atoms with Crippen LogP contribution in [0.4, 0.5) is 0 Å². The van der Waals surface area contributed by atoms with Gasteiger partial charge in [-0.3, -0.25) is 4.79 Å². The summed E-state index contributed by atoms with van der Waals surface area (Å²) in [7, 11) is 0. The first-order chi connectivity index (χ1) is 6.86. The molecule has 1 heterocycles. The molecule has 0 N–H and O–H groups in total. The Kier molecular flexibility index (Phi) is 2.90. The Morgan fingerprint density at radius 1 is 1.29 bits per heavy atom. The molecule has 0 aromatic heterocycles. The van der Waals surface area contributed by atoms with Crippen LogP contribution in [0.5, 0.6) is 0 Å². The maximum Gasteiger partial charge on any atom is 0.210 e. The van der Waals surface area contributed by atoms with Crippen molar-refractivity contribution < 1.29 is 4.79 Å². The third-order valence-corrected chi connectivity index (χ3v) is 3.39. The summed E-state index contributed by atoms with van der Waals surface area (Å²) < 4.78 is 0. The van der Waals surface area contributed by atoms with Crippen LogP contribution >= 0.6 is 11.8 Å². The third-order valence-electron chi connectivity index (χ3n) is 2.11. The highest BCUT2D eigenvalue weighted by molar-refractivity contribution is 8.00. The number of carbonyl (C=O) groups is 1. The summed E-state index contributed by atoms with van der Waals surface area (Å²) in [6, 6.07) is 9.61. The molecule has 1 aliphatic rings. The molecule has 2 rings (SSSR count). The van der Waals surface area contributed by atoms with Crippen LogP contribution in [0.1, 0.15) is 5.56 Å². The van der Waals surface area contributed by atoms with Gasteiger partial charge in [0.25, 0.3) is 0 Å². The van der Waals surface area contributed by atoms with Gasteiger partial charge >= 0.3 is 0 Å². The molecular formula is C12H10OS. The molecule has 0 amide bonds. The predicted molar refractivity (Wildman–Crippen MR) is 59.1 cm³/mol. The first-order valence-corrected chi connectivity index (χ1v) is 5.70. The first-order valence-electron chi connectivity index (χ1n) is 4.55. The SMILES string of the molecule is O=C(C#Cc1ccccc1)C1CSC1. The van der Waals surface area contributed by atoms with E-state index in [1.54, 1.807) is 11.8 Å². The lowest BCUT2D eigenvalue weighted by Crippen LogP contribution is -2.26. The van der Waals surface area contributed by atoms with Crippen molar-refractivity contribution in [2.75, 3.05) is 11.5 Å². The lowest BCUT2D eigenvalue weighted by molar-refractivity contribution is -0.116. The van der Waals surface area contributed by atoms with Crippen LogP contribution in [0.25, 0.3) is 0 Å². The van der Waals surface area contributed by atoms with E-state index in [0.29, 0.717) is 0 Å². The Hall–Kier alpha value is -1.20. The van der Waals surface area contributed by atoms with Gasteiger partial charge < -0.3 is 0 Å². The predicted octanol–water partition coefficient (Wildman–Crippen LogP) is 1.97. The number of Topliss-reactive ketones (excluding diaryl/α,β-unsaturated/α-hetero) is 1. The molecule has 1 aromatic carbocycles. The van der Waals surface area contributed by atoms with Crippen molar-refractivity contribution in [3.8, 4) is 11.8 Å². The highest BCUT2D eigenvalue weighted by atomic mass is 32.2. The zero-order valence-corrected chi connectivity index (χ0v) is 8.51. The van der Waals surface area contributed by atoms with Gasteiger partial charge in [0.1, 0.15) is 0 Å². The number of hydrogen-bond donors (Lipinski definition) is 0. The first kappa shape index (κ1) is 9.36. The molecule has 0 radical (unpaired) electrons. The fraction of sp³-hybridized carbons (Fsp3) is 0.250. The van der Waals surface area contributed by atoms with E-state index in [2.05, 4.69) is 11.8 Å². The molecule has 1 aliphatic heterocycles. The summed E-state index contributed by atoms with van der Waals surface area (Å²) in [5.74, 6) is 7.76. The van der Waals surface area contributed by atoms with E-state index >= 15 is 0 Å². The van der Waals surface area contributed by atoms with Crippen molar-refractivity contribution in [2.24, 2.45) is 5.92 Å². The highest BCUT2D eigenvalue weighted by Crippen LogP contribution is 2.24. The molecule has 1 fully saturated rings. The second kappa shape index (κ2) is 4.34. The van der Waals surface area contributed by atoms with E-state index in [0.717, 1.165) is 17.1 Å². The quantitative estimate of drug-likeness (QED) is 0.648. The average molecular weight is 202 g/mol. The van der Waals surface area contributed by atoms with Gasteiger partial charge in [-0.15, -0.1) is 0 Å². The third kappa shape index (κ3) is 2.18. The number of benzene rings is 1. The van der Waals surface area contributed by atoms with Crippen molar-refractivity contribution in [2.45, 2.75) is 0 Å². The molecule has 1 nitrogen and oxygen atoms in total. The number of thioether (sulfide) groups is 1. The molecule has 1 saturated heterocycles. The van der Waals surface area contributed by atoms with E-state index in [4.69, 9.17) is 0 Å². The largest absolute Gasteiger partial charge is 0.285 e. The fourth-order valence-electron chi connectivity index (χ4n) is 1.14. The second-order valence-electron chi connectivity index (χ2n) is 3.21. The minimum absolute atomic E-state index is 0.0904. The van der Waals surface area contributed by atoms with Crippen molar-refractivity contribution in [1.82, 2.24) is 0 Å². The Balaban J connectivity index is 2.02. The number of hydrogen-bond acceptors (Lipinski definition) is 2. The number of carbonyl (C=O) groups excluding carboxylic acids is 1. The Labute approximate surface area is 87.9 Å². The smallest absolute Gasteiger partial charge is 0.210 e. The summed E-state index contributed by atoms with van der Waals surface area (Å²) in [4.78, 5) is 11.4. The lowest BCUT2D eigenvalue weighted by atomic mass is 10.1. The molecule has 1 aromatic rings. The molecule has 0 spiro atoms. The van der Waals surface area contributed by atoms with Gasteiger partial charge in [-0.25, -0.2) is 0 Å². The van der Waals surface area contributed by atoms with Crippen LogP contribution in [0.2, 0.25) is 0 Å².